The highest BCUT2D eigenvalue weighted by Gasteiger charge is 2.16. The lowest BCUT2D eigenvalue weighted by Crippen LogP contribution is -2.30. The number of nitrogens with zero attached hydrogens (tertiary/aromatic N) is 1. The zero-order valence-electron chi connectivity index (χ0n) is 16.8. The fraction of sp³-hybridized carbons (Fsp3) is 0.125. The van der Waals surface area contributed by atoms with E-state index in [2.05, 4.69) is 20.8 Å². The number of furan rings is 1. The Morgan fingerprint density at radius 3 is 2.19 bits per heavy atom. The number of nitrogens with one attached hydrogen (secondary N) is 3. The highest BCUT2D eigenvalue weighted by molar-refractivity contribution is 5.98. The van der Waals surface area contributed by atoms with Gasteiger partial charge in [-0.15, -0.1) is 0 Å². The fourth-order valence-corrected chi connectivity index (χ4v) is 3.19. The molecule has 3 N–H and O–H groups in total. The summed E-state index contributed by atoms with van der Waals surface area (Å²) in [5.41, 5.74) is 3.72. The molecule has 0 spiro atoms. The molecule has 2 heterocycles. The van der Waals surface area contributed by atoms with Crippen molar-refractivity contribution >= 4 is 11.8 Å². The number of hydrogen-bond acceptors (Lipinski definition) is 4. The minimum Gasteiger partial charge on any atom is -0.459 e. The number of aromatic nitrogens is 2. The van der Waals surface area contributed by atoms with Crippen LogP contribution >= 0.6 is 0 Å². The summed E-state index contributed by atoms with van der Waals surface area (Å²) in [7, 11) is 0. The second kappa shape index (κ2) is 9.58. The van der Waals surface area contributed by atoms with E-state index >= 15 is 0 Å². The third-order valence-corrected chi connectivity index (χ3v) is 4.77. The van der Waals surface area contributed by atoms with Crippen molar-refractivity contribution in [3.8, 4) is 22.4 Å². The van der Waals surface area contributed by atoms with Crippen LogP contribution in [-0.4, -0.2) is 35.1 Å². The average molecular weight is 414 g/mol. The molecule has 0 saturated carbocycles. The maximum absolute atomic E-state index is 12.5. The van der Waals surface area contributed by atoms with Crippen LogP contribution in [-0.2, 0) is 0 Å². The summed E-state index contributed by atoms with van der Waals surface area (Å²) in [5.74, 6) is -0.240. The van der Waals surface area contributed by atoms with Gasteiger partial charge in [0.2, 0.25) is 0 Å². The minimum atomic E-state index is -0.281. The molecule has 0 bridgehead atoms. The van der Waals surface area contributed by atoms with Crippen LogP contribution < -0.4 is 10.6 Å². The molecule has 0 aliphatic carbocycles. The van der Waals surface area contributed by atoms with Crippen LogP contribution in [0, 0.1) is 0 Å². The van der Waals surface area contributed by atoms with Crippen molar-refractivity contribution in [2.45, 2.75) is 6.42 Å². The van der Waals surface area contributed by atoms with E-state index in [1.54, 1.807) is 12.1 Å². The number of rotatable bonds is 8. The third kappa shape index (κ3) is 4.90. The Bertz CT molecular complexity index is 1150. The lowest BCUT2D eigenvalue weighted by atomic mass is 10.1. The summed E-state index contributed by atoms with van der Waals surface area (Å²) in [6.45, 7) is 0.828. The van der Waals surface area contributed by atoms with Crippen LogP contribution in [0.4, 0.5) is 0 Å². The molecule has 0 fully saturated rings. The van der Waals surface area contributed by atoms with E-state index in [0.717, 1.165) is 16.7 Å². The molecule has 0 unspecified atom stereocenters. The Balaban J connectivity index is 1.23. The number of amides is 2. The topological polar surface area (TPSA) is 100 Å². The van der Waals surface area contributed by atoms with Crippen molar-refractivity contribution in [1.82, 2.24) is 20.8 Å². The van der Waals surface area contributed by atoms with Crippen molar-refractivity contribution in [3.05, 3.63) is 90.5 Å². The summed E-state index contributed by atoms with van der Waals surface area (Å²) in [4.78, 5) is 24.7. The maximum atomic E-state index is 12.5. The van der Waals surface area contributed by atoms with Crippen LogP contribution in [0.25, 0.3) is 22.4 Å². The molecule has 2 amide bonds. The van der Waals surface area contributed by atoms with E-state index < -0.39 is 0 Å². The number of carbonyl (C=O) groups is 2. The van der Waals surface area contributed by atoms with Crippen molar-refractivity contribution < 1.29 is 14.0 Å². The number of benzene rings is 2. The number of H-pyrrole nitrogens is 1. The number of hydrogen-bond donors (Lipinski definition) is 3. The zero-order chi connectivity index (χ0) is 21.5. The van der Waals surface area contributed by atoms with Gasteiger partial charge in [-0.1, -0.05) is 60.7 Å². The maximum Gasteiger partial charge on any atom is 0.287 e. The number of aromatic amines is 1. The van der Waals surface area contributed by atoms with Gasteiger partial charge < -0.3 is 15.1 Å². The zero-order valence-corrected chi connectivity index (χ0v) is 16.8. The molecule has 0 radical (unpaired) electrons. The fourth-order valence-electron chi connectivity index (χ4n) is 3.19. The van der Waals surface area contributed by atoms with Gasteiger partial charge in [0, 0.05) is 24.2 Å². The average Bonchev–Trinajstić information content (AvgIpc) is 3.50. The molecule has 0 atom stereocenters. The Hall–Kier alpha value is -4.13. The van der Waals surface area contributed by atoms with Gasteiger partial charge in [-0.2, -0.15) is 5.10 Å². The Morgan fingerprint density at radius 1 is 0.839 bits per heavy atom. The van der Waals surface area contributed by atoms with Crippen molar-refractivity contribution in [2.24, 2.45) is 0 Å². The first-order valence-corrected chi connectivity index (χ1v) is 10.0. The second-order valence-electron chi connectivity index (χ2n) is 6.93. The first-order chi connectivity index (χ1) is 15.2. The summed E-state index contributed by atoms with van der Waals surface area (Å²) in [6.07, 6.45) is 2.09. The van der Waals surface area contributed by atoms with Gasteiger partial charge in [0.15, 0.2) is 5.76 Å². The third-order valence-electron chi connectivity index (χ3n) is 4.77. The van der Waals surface area contributed by atoms with Gasteiger partial charge in [-0.3, -0.25) is 14.7 Å². The Morgan fingerprint density at radius 2 is 1.48 bits per heavy atom. The summed E-state index contributed by atoms with van der Waals surface area (Å²) in [6, 6.07) is 22.7. The molecule has 2 aromatic carbocycles. The van der Waals surface area contributed by atoms with Crippen LogP contribution in [0.1, 0.15) is 27.5 Å². The smallest absolute Gasteiger partial charge is 0.287 e. The van der Waals surface area contributed by atoms with E-state index in [0.29, 0.717) is 30.9 Å². The van der Waals surface area contributed by atoms with Crippen molar-refractivity contribution in [1.29, 1.82) is 0 Å². The molecule has 0 aliphatic heterocycles. The standard InChI is InChI=1S/C24H22N4O3/c29-23(21-16-20(27-28-21)18-10-5-2-6-11-18)25-13-7-14-26-24(30)22-19(12-15-31-22)17-8-3-1-4-9-17/h1-6,8-12,15-16H,7,13-14H2,(H,25,29)(H,26,30)(H,27,28). The van der Waals surface area contributed by atoms with E-state index in [1.165, 1.54) is 6.26 Å². The highest BCUT2D eigenvalue weighted by Crippen LogP contribution is 2.24. The SMILES string of the molecule is O=C(NCCCNC(=O)c1occc1-c1ccccc1)c1cc(-c2ccccc2)n[nH]1. The molecule has 7 heteroatoms. The molecule has 2 aromatic heterocycles. The van der Waals surface area contributed by atoms with Gasteiger partial charge in [0.1, 0.15) is 5.69 Å². The van der Waals surface area contributed by atoms with Crippen LogP contribution in [0.3, 0.4) is 0 Å². The van der Waals surface area contributed by atoms with E-state index in [4.69, 9.17) is 4.42 Å². The monoisotopic (exact) mass is 414 g/mol. The predicted octanol–water partition coefficient (Wildman–Crippen LogP) is 3.89. The van der Waals surface area contributed by atoms with Gasteiger partial charge in [0.05, 0.1) is 12.0 Å². The predicted molar refractivity (Wildman–Crippen MR) is 117 cm³/mol. The molecule has 4 rings (SSSR count). The Labute approximate surface area is 179 Å². The second-order valence-corrected chi connectivity index (χ2v) is 6.93. The van der Waals surface area contributed by atoms with Crippen molar-refractivity contribution in [2.75, 3.05) is 13.1 Å². The summed E-state index contributed by atoms with van der Waals surface area (Å²) >= 11 is 0. The van der Waals surface area contributed by atoms with Gasteiger partial charge >= 0.3 is 0 Å². The molecule has 156 valence electrons. The van der Waals surface area contributed by atoms with Crippen LogP contribution in [0.2, 0.25) is 0 Å². The molecular formula is C24H22N4O3. The minimum absolute atomic E-state index is 0.238. The molecule has 7 nitrogen and oxygen atoms in total. The quantitative estimate of drug-likeness (QED) is 0.381. The lowest BCUT2D eigenvalue weighted by molar-refractivity contribution is 0.0926. The largest absolute Gasteiger partial charge is 0.459 e. The normalized spacial score (nSPS) is 10.6. The van der Waals surface area contributed by atoms with Gasteiger partial charge in [0.25, 0.3) is 11.8 Å². The van der Waals surface area contributed by atoms with Crippen LogP contribution in [0.15, 0.2) is 83.5 Å². The highest BCUT2D eigenvalue weighted by atomic mass is 16.3. The van der Waals surface area contributed by atoms with Gasteiger partial charge in [-0.25, -0.2) is 0 Å². The van der Waals surface area contributed by atoms with E-state index in [-0.39, 0.29) is 17.6 Å². The van der Waals surface area contributed by atoms with E-state index in [9.17, 15) is 9.59 Å². The van der Waals surface area contributed by atoms with Gasteiger partial charge in [-0.05, 0) is 24.1 Å². The molecule has 0 saturated heterocycles. The van der Waals surface area contributed by atoms with Crippen LogP contribution in [0.5, 0.6) is 0 Å². The first kappa shape index (κ1) is 20.2. The molecule has 31 heavy (non-hydrogen) atoms. The van der Waals surface area contributed by atoms with E-state index in [1.807, 2.05) is 60.7 Å². The molecule has 4 aromatic rings. The number of carbonyl (C=O) groups excluding carboxylic acids is 2. The molecular weight excluding hydrogens is 392 g/mol. The summed E-state index contributed by atoms with van der Waals surface area (Å²) < 4.78 is 5.38. The van der Waals surface area contributed by atoms with Crippen molar-refractivity contribution in [3.63, 3.8) is 0 Å². The Kier molecular flexibility index (Phi) is 6.23. The lowest BCUT2D eigenvalue weighted by Gasteiger charge is -2.06. The molecule has 0 aliphatic rings. The summed E-state index contributed by atoms with van der Waals surface area (Å²) in [5, 5.41) is 12.6. The first-order valence-electron chi connectivity index (χ1n) is 10.0.